The smallest absolute Gasteiger partial charge is 0.320 e. The van der Waals surface area contributed by atoms with Gasteiger partial charge in [0.05, 0.1) is 24.4 Å². The van der Waals surface area contributed by atoms with Gasteiger partial charge in [0.15, 0.2) is 5.82 Å². The van der Waals surface area contributed by atoms with E-state index in [1.54, 1.807) is 26.2 Å². The molecule has 0 saturated carbocycles. The molecule has 0 bridgehead atoms. The van der Waals surface area contributed by atoms with Gasteiger partial charge in [-0.2, -0.15) is 0 Å². The second kappa shape index (κ2) is 12.4. The fourth-order valence-corrected chi connectivity index (χ4v) is 4.55. The molecule has 198 valence electrons. The Balaban J connectivity index is 1.55. The number of hydrogen-bond donors (Lipinski definition) is 3. The molecule has 0 aliphatic carbocycles. The molecule has 4 rings (SSSR count). The highest BCUT2D eigenvalue weighted by Gasteiger charge is 2.35. The van der Waals surface area contributed by atoms with Crippen LogP contribution >= 0.6 is 11.6 Å². The molecule has 0 radical (unpaired) electrons. The van der Waals surface area contributed by atoms with E-state index < -0.39 is 12.1 Å². The summed E-state index contributed by atoms with van der Waals surface area (Å²) in [5.74, 6) is -0.0173. The topological polar surface area (TPSA) is 101 Å². The Morgan fingerprint density at radius 3 is 2.62 bits per heavy atom. The Morgan fingerprint density at radius 2 is 1.95 bits per heavy atom. The number of aliphatic hydroxyl groups is 1. The Bertz CT molecular complexity index is 1180. The predicted molar refractivity (Wildman–Crippen MR) is 139 cm³/mol. The monoisotopic (exact) mass is 531 g/mol. The molecule has 3 atom stereocenters. The number of halogens is 2. The number of likely N-dealkylation sites (tertiary alicyclic amines) is 1. The number of hydrogen-bond acceptors (Lipinski definition) is 6. The number of carbonyl (C=O) groups excluding carboxylic acids is 1. The summed E-state index contributed by atoms with van der Waals surface area (Å²) in [6, 6.07) is 14.8. The molecule has 37 heavy (non-hydrogen) atoms. The summed E-state index contributed by atoms with van der Waals surface area (Å²) in [5.41, 5.74) is 1.61. The maximum Gasteiger partial charge on any atom is 0.320 e. The third-order valence-electron chi connectivity index (χ3n) is 6.11. The van der Waals surface area contributed by atoms with Crippen molar-refractivity contribution in [2.75, 3.05) is 45.3 Å². The van der Waals surface area contributed by atoms with Gasteiger partial charge in [0.25, 0.3) is 5.88 Å². The number of para-hydroxylation sites is 1. The van der Waals surface area contributed by atoms with Crippen molar-refractivity contribution in [2.24, 2.45) is 0 Å². The lowest BCUT2D eigenvalue weighted by molar-refractivity contribution is 0.119. The van der Waals surface area contributed by atoms with Crippen molar-refractivity contribution in [1.29, 1.82) is 0 Å². The highest BCUT2D eigenvalue weighted by Crippen LogP contribution is 2.34. The van der Waals surface area contributed by atoms with Crippen LogP contribution in [-0.4, -0.2) is 77.9 Å². The average Bonchev–Trinajstić information content (AvgIpc) is 3.43. The van der Waals surface area contributed by atoms with Gasteiger partial charge in [-0.25, -0.2) is 13.9 Å². The standard InChI is InChI=1S/C26H31ClFN5O4/c1-17(34)16-37-25-23(27)24(33(31-25)20-6-4-3-5-7-20)30-26(35)29-22-15-32(12-13-36-2)14-21(22)18-8-10-19(28)11-9-18/h3-11,17,21-22,34H,12-16H2,1-2H3,(H2,29,30,35)/t17-,21+,22-/m1/s1. The van der Waals surface area contributed by atoms with Crippen LogP contribution in [0.5, 0.6) is 5.88 Å². The van der Waals surface area contributed by atoms with Crippen LogP contribution in [0, 0.1) is 5.82 Å². The molecule has 2 amide bonds. The van der Waals surface area contributed by atoms with Gasteiger partial charge in [-0.15, -0.1) is 5.10 Å². The van der Waals surface area contributed by atoms with E-state index in [0.29, 0.717) is 31.9 Å². The first-order valence-electron chi connectivity index (χ1n) is 12.0. The Kier molecular flexibility index (Phi) is 8.99. The summed E-state index contributed by atoms with van der Waals surface area (Å²) in [6.07, 6.45) is -0.718. The number of rotatable bonds is 10. The van der Waals surface area contributed by atoms with Gasteiger partial charge in [0, 0.05) is 32.7 Å². The predicted octanol–water partition coefficient (Wildman–Crippen LogP) is 3.66. The van der Waals surface area contributed by atoms with E-state index in [1.165, 1.54) is 16.8 Å². The van der Waals surface area contributed by atoms with E-state index in [0.717, 1.165) is 5.56 Å². The molecule has 3 N–H and O–H groups in total. The van der Waals surface area contributed by atoms with Crippen LogP contribution in [0.4, 0.5) is 15.0 Å². The minimum absolute atomic E-state index is 0.00407. The number of ether oxygens (including phenoxy) is 2. The third kappa shape index (κ3) is 6.78. The minimum atomic E-state index is -0.718. The first kappa shape index (κ1) is 26.9. The molecule has 1 aliphatic rings. The molecule has 1 saturated heterocycles. The lowest BCUT2D eigenvalue weighted by Gasteiger charge is -2.21. The lowest BCUT2D eigenvalue weighted by Crippen LogP contribution is -2.42. The molecule has 0 spiro atoms. The summed E-state index contributed by atoms with van der Waals surface area (Å²) in [7, 11) is 1.65. The molecule has 3 aromatic rings. The molecule has 9 nitrogen and oxygen atoms in total. The summed E-state index contributed by atoms with van der Waals surface area (Å²) >= 11 is 6.55. The molecular weight excluding hydrogens is 501 g/mol. The molecule has 1 fully saturated rings. The van der Waals surface area contributed by atoms with E-state index >= 15 is 0 Å². The first-order valence-corrected chi connectivity index (χ1v) is 12.4. The van der Waals surface area contributed by atoms with Gasteiger partial charge in [-0.1, -0.05) is 41.9 Å². The molecule has 0 unspecified atom stereocenters. The highest BCUT2D eigenvalue weighted by molar-refractivity contribution is 6.34. The normalized spacial score (nSPS) is 18.5. The molecule has 1 aliphatic heterocycles. The van der Waals surface area contributed by atoms with E-state index in [1.807, 2.05) is 30.3 Å². The van der Waals surface area contributed by atoms with Crippen LogP contribution in [0.2, 0.25) is 5.02 Å². The van der Waals surface area contributed by atoms with Crippen LogP contribution < -0.4 is 15.4 Å². The van der Waals surface area contributed by atoms with Crippen molar-refractivity contribution < 1.29 is 23.8 Å². The van der Waals surface area contributed by atoms with Crippen molar-refractivity contribution in [3.05, 3.63) is 71.0 Å². The van der Waals surface area contributed by atoms with Crippen molar-refractivity contribution in [2.45, 2.75) is 25.0 Å². The second-order valence-electron chi connectivity index (χ2n) is 8.99. The van der Waals surface area contributed by atoms with Gasteiger partial charge in [-0.3, -0.25) is 10.2 Å². The van der Waals surface area contributed by atoms with Crippen molar-refractivity contribution >= 4 is 23.4 Å². The number of urea groups is 1. The van der Waals surface area contributed by atoms with Gasteiger partial charge in [-0.05, 0) is 36.8 Å². The minimum Gasteiger partial charge on any atom is -0.473 e. The van der Waals surface area contributed by atoms with Gasteiger partial charge in [0.2, 0.25) is 0 Å². The van der Waals surface area contributed by atoms with Crippen molar-refractivity contribution in [3.63, 3.8) is 0 Å². The maximum atomic E-state index is 13.5. The Morgan fingerprint density at radius 1 is 1.22 bits per heavy atom. The first-order chi connectivity index (χ1) is 17.9. The molecular formula is C26H31ClFN5O4. The number of aromatic nitrogens is 2. The number of carbonyl (C=O) groups is 1. The Hall–Kier alpha value is -3.18. The maximum absolute atomic E-state index is 13.5. The lowest BCUT2D eigenvalue weighted by atomic mass is 9.94. The van der Waals surface area contributed by atoms with E-state index in [4.69, 9.17) is 21.1 Å². The zero-order valence-electron chi connectivity index (χ0n) is 20.7. The fourth-order valence-electron chi connectivity index (χ4n) is 4.33. The number of amides is 2. The van der Waals surface area contributed by atoms with Crippen LogP contribution in [0.25, 0.3) is 5.69 Å². The third-order valence-corrected chi connectivity index (χ3v) is 6.45. The summed E-state index contributed by atoms with van der Waals surface area (Å²) in [6.45, 7) is 4.16. The Labute approximate surface area is 220 Å². The fraction of sp³-hybridized carbons (Fsp3) is 0.385. The molecule has 2 aromatic carbocycles. The van der Waals surface area contributed by atoms with Gasteiger partial charge < -0.3 is 19.9 Å². The zero-order valence-corrected chi connectivity index (χ0v) is 21.5. The van der Waals surface area contributed by atoms with Gasteiger partial charge >= 0.3 is 6.03 Å². The number of methoxy groups -OCH3 is 1. The number of nitrogens with zero attached hydrogens (tertiary/aromatic N) is 3. The number of aliphatic hydroxyl groups excluding tert-OH is 1. The number of anilines is 1. The van der Waals surface area contributed by atoms with Crippen LogP contribution in [0.1, 0.15) is 18.4 Å². The van der Waals surface area contributed by atoms with Gasteiger partial charge in [0.1, 0.15) is 17.4 Å². The van der Waals surface area contributed by atoms with Crippen LogP contribution in [-0.2, 0) is 4.74 Å². The molecule has 11 heteroatoms. The van der Waals surface area contributed by atoms with Crippen molar-refractivity contribution in [3.8, 4) is 11.6 Å². The quantitative estimate of drug-likeness (QED) is 0.369. The second-order valence-corrected chi connectivity index (χ2v) is 9.37. The van der Waals surface area contributed by atoms with Crippen LogP contribution in [0.3, 0.4) is 0 Å². The molecule has 1 aromatic heterocycles. The number of benzene rings is 2. The van der Waals surface area contributed by atoms with E-state index in [9.17, 15) is 14.3 Å². The summed E-state index contributed by atoms with van der Waals surface area (Å²) in [5, 5.41) is 20.0. The average molecular weight is 532 g/mol. The van der Waals surface area contributed by atoms with Crippen molar-refractivity contribution in [1.82, 2.24) is 20.0 Å². The highest BCUT2D eigenvalue weighted by atomic mass is 35.5. The number of nitrogens with one attached hydrogen (secondary N) is 2. The SMILES string of the molecule is COCCN1C[C@@H](NC(=O)Nc2c(Cl)c(OC[C@@H](C)O)nn2-c2ccccc2)[C@H](c2ccc(F)cc2)C1. The van der Waals surface area contributed by atoms with E-state index in [-0.39, 0.29) is 41.1 Å². The summed E-state index contributed by atoms with van der Waals surface area (Å²) in [4.78, 5) is 15.4. The largest absolute Gasteiger partial charge is 0.473 e. The summed E-state index contributed by atoms with van der Waals surface area (Å²) < 4.78 is 25.8. The zero-order chi connectivity index (χ0) is 26.4. The van der Waals surface area contributed by atoms with Crippen LogP contribution in [0.15, 0.2) is 54.6 Å². The molecule has 2 heterocycles. The van der Waals surface area contributed by atoms with E-state index in [2.05, 4.69) is 20.6 Å².